The molecule has 7 heteroatoms. The number of thiophene rings is 1. The third-order valence-corrected chi connectivity index (χ3v) is 6.15. The van der Waals surface area contributed by atoms with Gasteiger partial charge < -0.3 is 4.90 Å². The maximum atomic E-state index is 13.5. The number of rotatable bonds is 5. The van der Waals surface area contributed by atoms with Crippen molar-refractivity contribution in [3.63, 3.8) is 0 Å². The number of hydrogen-bond donors (Lipinski definition) is 0. The van der Waals surface area contributed by atoms with E-state index in [0.717, 1.165) is 5.56 Å². The molecular formula is C23H20FN3O2S. The van der Waals surface area contributed by atoms with E-state index in [4.69, 9.17) is 0 Å². The van der Waals surface area contributed by atoms with E-state index in [2.05, 4.69) is 4.98 Å². The van der Waals surface area contributed by atoms with Crippen molar-refractivity contribution in [3.8, 4) is 0 Å². The molecule has 0 atom stereocenters. The largest absolute Gasteiger partial charge is 0.337 e. The molecule has 0 aliphatic heterocycles. The van der Waals surface area contributed by atoms with Crippen LogP contribution in [0.3, 0.4) is 0 Å². The second-order valence-electron chi connectivity index (χ2n) is 7.19. The van der Waals surface area contributed by atoms with Crippen LogP contribution in [-0.2, 0) is 13.1 Å². The van der Waals surface area contributed by atoms with Crippen molar-refractivity contribution in [2.45, 2.75) is 20.0 Å². The first-order chi connectivity index (χ1) is 14.4. The van der Waals surface area contributed by atoms with Gasteiger partial charge in [-0.1, -0.05) is 42.5 Å². The second-order valence-corrected chi connectivity index (χ2v) is 8.19. The molecular weight excluding hydrogens is 401 g/mol. The van der Waals surface area contributed by atoms with Gasteiger partial charge in [0.2, 0.25) is 0 Å². The van der Waals surface area contributed by atoms with E-state index in [1.54, 1.807) is 31.0 Å². The Hall–Kier alpha value is -3.32. The summed E-state index contributed by atoms with van der Waals surface area (Å²) in [4.78, 5) is 33.1. The fourth-order valence-electron chi connectivity index (χ4n) is 3.41. The van der Waals surface area contributed by atoms with Crippen molar-refractivity contribution in [1.82, 2.24) is 14.5 Å². The topological polar surface area (TPSA) is 55.2 Å². The van der Waals surface area contributed by atoms with Crippen molar-refractivity contribution in [3.05, 3.63) is 98.7 Å². The van der Waals surface area contributed by atoms with Crippen molar-refractivity contribution >= 4 is 27.5 Å². The van der Waals surface area contributed by atoms with Gasteiger partial charge in [0.05, 0.1) is 23.1 Å². The lowest BCUT2D eigenvalue weighted by molar-refractivity contribution is 0.0789. The Bertz CT molecular complexity index is 1280. The summed E-state index contributed by atoms with van der Waals surface area (Å²) in [5, 5.41) is 0.440. The minimum absolute atomic E-state index is 0.143. The van der Waals surface area contributed by atoms with Gasteiger partial charge in [0.25, 0.3) is 11.5 Å². The normalized spacial score (nSPS) is 11.0. The highest BCUT2D eigenvalue weighted by atomic mass is 32.1. The number of fused-ring (bicyclic) bond motifs is 1. The lowest BCUT2D eigenvalue weighted by Gasteiger charge is -2.16. The maximum absolute atomic E-state index is 13.5. The summed E-state index contributed by atoms with van der Waals surface area (Å²) in [5.74, 6) is -0.494. The predicted octanol–water partition coefficient (Wildman–Crippen LogP) is 4.23. The smallest absolute Gasteiger partial charge is 0.264 e. The Balaban J connectivity index is 1.66. The minimum Gasteiger partial charge on any atom is -0.337 e. The number of amides is 1. The summed E-state index contributed by atoms with van der Waals surface area (Å²) in [6.45, 7) is 2.47. The number of carbonyl (C=O) groups excluding carboxylic acids is 1. The third kappa shape index (κ3) is 3.89. The van der Waals surface area contributed by atoms with Gasteiger partial charge in [0.1, 0.15) is 10.6 Å². The second kappa shape index (κ2) is 8.20. The van der Waals surface area contributed by atoms with Gasteiger partial charge in [0.15, 0.2) is 0 Å². The fraction of sp³-hybridized carbons (Fsp3) is 0.174. The zero-order valence-electron chi connectivity index (χ0n) is 16.6. The average molecular weight is 421 g/mol. The van der Waals surface area contributed by atoms with Gasteiger partial charge in [-0.3, -0.25) is 14.2 Å². The van der Waals surface area contributed by atoms with Crippen LogP contribution in [0.2, 0.25) is 0 Å². The number of hydrogen-bond acceptors (Lipinski definition) is 4. The molecule has 0 N–H and O–H groups in total. The van der Waals surface area contributed by atoms with E-state index >= 15 is 0 Å². The number of nitrogens with zero attached hydrogens (tertiary/aromatic N) is 3. The van der Waals surface area contributed by atoms with Crippen LogP contribution < -0.4 is 5.56 Å². The minimum atomic E-state index is -0.351. The van der Waals surface area contributed by atoms with Crippen molar-refractivity contribution in [1.29, 1.82) is 0 Å². The highest BCUT2D eigenvalue weighted by Crippen LogP contribution is 2.28. The molecule has 0 aliphatic carbocycles. The van der Waals surface area contributed by atoms with Gasteiger partial charge in [-0.25, -0.2) is 9.37 Å². The van der Waals surface area contributed by atoms with Crippen LogP contribution >= 0.6 is 11.3 Å². The van der Waals surface area contributed by atoms with Gasteiger partial charge in [-0.2, -0.15) is 0 Å². The molecule has 0 fully saturated rings. The summed E-state index contributed by atoms with van der Waals surface area (Å²) in [5.41, 5.74) is 2.10. The summed E-state index contributed by atoms with van der Waals surface area (Å²) < 4.78 is 14.9. The third-order valence-electron chi connectivity index (χ3n) is 4.96. The molecule has 2 heterocycles. The van der Waals surface area contributed by atoms with E-state index in [1.807, 2.05) is 30.3 Å². The van der Waals surface area contributed by atoms with Crippen LogP contribution in [-0.4, -0.2) is 27.4 Å². The highest BCUT2D eigenvalue weighted by Gasteiger charge is 2.22. The number of benzene rings is 2. The lowest BCUT2D eigenvalue weighted by Crippen LogP contribution is -2.26. The molecule has 0 aliphatic rings. The van der Waals surface area contributed by atoms with Crippen molar-refractivity contribution < 1.29 is 9.18 Å². The molecule has 1 amide bonds. The van der Waals surface area contributed by atoms with Gasteiger partial charge in [0, 0.05) is 13.6 Å². The van der Waals surface area contributed by atoms with E-state index < -0.39 is 0 Å². The SMILES string of the molecule is Cc1c(C(=O)N(C)Cc2ccccc2)sc2ncn(Cc3cccc(F)c3)c(=O)c12. The quantitative estimate of drug-likeness (QED) is 0.485. The van der Waals surface area contributed by atoms with Crippen LogP contribution in [0.15, 0.2) is 65.7 Å². The number of aromatic nitrogens is 2. The summed E-state index contributed by atoms with van der Waals surface area (Å²) >= 11 is 1.23. The standard InChI is InChI=1S/C23H20FN3O2S/c1-15-19-21(25-14-27(22(19)28)13-17-9-6-10-18(24)11-17)30-20(15)23(29)26(2)12-16-7-4-3-5-8-16/h3-11,14H,12-13H2,1-2H3. The molecule has 4 rings (SSSR count). The van der Waals surface area contributed by atoms with Crippen molar-refractivity contribution in [2.75, 3.05) is 7.05 Å². The number of halogens is 1. The molecule has 0 saturated heterocycles. The monoisotopic (exact) mass is 421 g/mol. The van der Waals surface area contributed by atoms with Gasteiger partial charge in [-0.15, -0.1) is 11.3 Å². The Labute approximate surface area is 177 Å². The molecule has 0 bridgehead atoms. The Kier molecular flexibility index (Phi) is 5.46. The molecule has 2 aromatic carbocycles. The molecule has 0 spiro atoms. The Morgan fingerprint density at radius 3 is 2.60 bits per heavy atom. The molecule has 0 saturated carbocycles. The lowest BCUT2D eigenvalue weighted by atomic mass is 10.1. The molecule has 152 valence electrons. The Morgan fingerprint density at radius 1 is 1.13 bits per heavy atom. The van der Waals surface area contributed by atoms with Crippen LogP contribution in [0.25, 0.3) is 10.2 Å². The van der Waals surface area contributed by atoms with E-state index in [1.165, 1.54) is 34.4 Å². The van der Waals surface area contributed by atoms with E-state index in [9.17, 15) is 14.0 Å². The molecule has 2 aromatic heterocycles. The number of carbonyl (C=O) groups is 1. The maximum Gasteiger partial charge on any atom is 0.264 e. The Morgan fingerprint density at radius 2 is 1.87 bits per heavy atom. The summed E-state index contributed by atoms with van der Waals surface area (Å²) in [7, 11) is 1.74. The number of aryl methyl sites for hydroxylation is 1. The van der Waals surface area contributed by atoms with Gasteiger partial charge in [-0.05, 0) is 35.7 Å². The van der Waals surface area contributed by atoms with Crippen LogP contribution in [0.5, 0.6) is 0 Å². The highest BCUT2D eigenvalue weighted by molar-refractivity contribution is 7.20. The molecule has 5 nitrogen and oxygen atoms in total. The molecule has 0 unspecified atom stereocenters. The van der Waals surface area contributed by atoms with Crippen LogP contribution in [0.1, 0.15) is 26.4 Å². The van der Waals surface area contributed by atoms with Crippen LogP contribution in [0.4, 0.5) is 4.39 Å². The summed E-state index contributed by atoms with van der Waals surface area (Å²) in [6.07, 6.45) is 1.45. The molecule has 4 aromatic rings. The first-order valence-electron chi connectivity index (χ1n) is 9.46. The van der Waals surface area contributed by atoms with E-state index in [0.29, 0.717) is 32.8 Å². The molecule has 0 radical (unpaired) electrons. The van der Waals surface area contributed by atoms with Gasteiger partial charge >= 0.3 is 0 Å². The van der Waals surface area contributed by atoms with Crippen molar-refractivity contribution in [2.24, 2.45) is 0 Å². The summed E-state index contributed by atoms with van der Waals surface area (Å²) in [6, 6.07) is 15.9. The fourth-order valence-corrected chi connectivity index (χ4v) is 4.54. The zero-order chi connectivity index (χ0) is 21.3. The average Bonchev–Trinajstić information content (AvgIpc) is 3.07. The first-order valence-corrected chi connectivity index (χ1v) is 10.3. The molecule has 30 heavy (non-hydrogen) atoms. The first kappa shape index (κ1) is 20.0. The zero-order valence-corrected chi connectivity index (χ0v) is 17.4. The van der Waals surface area contributed by atoms with Crippen LogP contribution in [0, 0.1) is 12.7 Å². The predicted molar refractivity (Wildman–Crippen MR) is 116 cm³/mol. The van der Waals surface area contributed by atoms with E-state index in [-0.39, 0.29) is 23.8 Å².